The first-order valence-electron chi connectivity index (χ1n) is 6.52. The van der Waals surface area contributed by atoms with Crippen molar-refractivity contribution in [1.82, 2.24) is 9.88 Å². The van der Waals surface area contributed by atoms with Crippen LogP contribution in [-0.2, 0) is 16.0 Å². The molecule has 1 N–H and O–H groups in total. The van der Waals surface area contributed by atoms with Crippen molar-refractivity contribution in [3.63, 3.8) is 0 Å². The molecule has 1 aliphatic heterocycles. The predicted octanol–water partition coefficient (Wildman–Crippen LogP) is 1.79. The van der Waals surface area contributed by atoms with E-state index in [1.807, 2.05) is 10.3 Å². The average Bonchev–Trinajstić information content (AvgIpc) is 2.89. The van der Waals surface area contributed by atoms with Gasteiger partial charge in [-0.25, -0.2) is 4.98 Å². The summed E-state index contributed by atoms with van der Waals surface area (Å²) in [6, 6.07) is 0. The zero-order valence-corrected chi connectivity index (χ0v) is 11.6. The van der Waals surface area contributed by atoms with Crippen molar-refractivity contribution in [2.75, 3.05) is 13.1 Å². The van der Waals surface area contributed by atoms with Gasteiger partial charge in [0.05, 0.1) is 11.2 Å². The second-order valence-electron chi connectivity index (χ2n) is 4.90. The molecule has 1 aliphatic rings. The average molecular weight is 282 g/mol. The summed E-state index contributed by atoms with van der Waals surface area (Å²) in [4.78, 5) is 28.7. The number of amides is 1. The molecule has 0 saturated carbocycles. The van der Waals surface area contributed by atoms with Gasteiger partial charge in [0.15, 0.2) is 0 Å². The number of hydrogen-bond acceptors (Lipinski definition) is 4. The summed E-state index contributed by atoms with van der Waals surface area (Å²) < 4.78 is 0. The van der Waals surface area contributed by atoms with Crippen LogP contribution in [0.1, 0.15) is 31.4 Å². The Balaban J connectivity index is 1.71. The summed E-state index contributed by atoms with van der Waals surface area (Å²) in [6.07, 6.45) is 3.01. The molecule has 2 rings (SSSR count). The molecule has 0 unspecified atom stereocenters. The Morgan fingerprint density at radius 3 is 2.74 bits per heavy atom. The number of carboxylic acids is 1. The Bertz CT molecular complexity index is 425. The molecular weight excluding hydrogens is 264 g/mol. The lowest BCUT2D eigenvalue weighted by atomic mass is 9.93. The number of nitrogens with zero attached hydrogens (tertiary/aromatic N) is 2. The van der Waals surface area contributed by atoms with Crippen LogP contribution in [0.15, 0.2) is 10.9 Å². The number of carbonyl (C=O) groups excluding carboxylic acids is 1. The quantitative estimate of drug-likeness (QED) is 0.893. The van der Waals surface area contributed by atoms with Crippen molar-refractivity contribution in [3.05, 3.63) is 16.6 Å². The smallest absolute Gasteiger partial charge is 0.303 e. The van der Waals surface area contributed by atoms with Crippen molar-refractivity contribution in [2.24, 2.45) is 5.92 Å². The van der Waals surface area contributed by atoms with Gasteiger partial charge in [0.1, 0.15) is 0 Å². The largest absolute Gasteiger partial charge is 0.481 e. The van der Waals surface area contributed by atoms with Gasteiger partial charge in [-0.3, -0.25) is 9.59 Å². The lowest BCUT2D eigenvalue weighted by Gasteiger charge is -2.31. The Kier molecular flexibility index (Phi) is 4.90. The van der Waals surface area contributed by atoms with Crippen LogP contribution in [-0.4, -0.2) is 40.0 Å². The van der Waals surface area contributed by atoms with Crippen molar-refractivity contribution < 1.29 is 14.7 Å². The molecule has 5 nitrogen and oxygen atoms in total. The van der Waals surface area contributed by atoms with Crippen LogP contribution in [0.5, 0.6) is 0 Å². The van der Waals surface area contributed by atoms with Crippen LogP contribution in [0.4, 0.5) is 0 Å². The van der Waals surface area contributed by atoms with Gasteiger partial charge in [0.25, 0.3) is 0 Å². The molecule has 6 heteroatoms. The minimum Gasteiger partial charge on any atom is -0.481 e. The third kappa shape index (κ3) is 4.31. The maximum Gasteiger partial charge on any atom is 0.303 e. The number of aliphatic carboxylic acids is 1. The molecule has 1 amide bonds. The van der Waals surface area contributed by atoms with Crippen molar-refractivity contribution in [2.45, 2.75) is 32.1 Å². The SMILES string of the molecule is O=C(O)CC1CCN(C(=O)CCc2cscn2)CC1. The molecule has 0 aliphatic carbocycles. The molecule has 1 saturated heterocycles. The Morgan fingerprint density at radius 2 is 2.16 bits per heavy atom. The maximum absolute atomic E-state index is 12.0. The Morgan fingerprint density at radius 1 is 1.42 bits per heavy atom. The number of carbonyl (C=O) groups is 2. The number of likely N-dealkylation sites (tertiary alicyclic amines) is 1. The van der Waals surface area contributed by atoms with Gasteiger partial charge in [-0.2, -0.15) is 0 Å². The number of aryl methyl sites for hydroxylation is 1. The lowest BCUT2D eigenvalue weighted by molar-refractivity contribution is -0.138. The molecule has 19 heavy (non-hydrogen) atoms. The summed E-state index contributed by atoms with van der Waals surface area (Å²) >= 11 is 1.54. The standard InChI is InChI=1S/C13H18N2O3S/c16-12(2-1-11-8-19-9-14-11)15-5-3-10(4-6-15)7-13(17)18/h8-10H,1-7H2,(H,17,18). The molecule has 0 bridgehead atoms. The van der Waals surface area contributed by atoms with Gasteiger partial charge in [-0.1, -0.05) is 0 Å². The maximum atomic E-state index is 12.0. The molecular formula is C13H18N2O3S. The number of hydrogen-bond donors (Lipinski definition) is 1. The minimum absolute atomic E-state index is 0.154. The van der Waals surface area contributed by atoms with Gasteiger partial charge in [-0.05, 0) is 25.2 Å². The zero-order chi connectivity index (χ0) is 13.7. The predicted molar refractivity (Wildman–Crippen MR) is 72.0 cm³/mol. The molecule has 0 spiro atoms. The highest BCUT2D eigenvalue weighted by Gasteiger charge is 2.23. The molecule has 104 valence electrons. The molecule has 1 fully saturated rings. The summed E-state index contributed by atoms with van der Waals surface area (Å²) in [5, 5.41) is 10.7. The monoisotopic (exact) mass is 282 g/mol. The van der Waals surface area contributed by atoms with E-state index in [4.69, 9.17) is 5.11 Å². The van der Waals surface area contributed by atoms with Crippen LogP contribution in [0.25, 0.3) is 0 Å². The minimum atomic E-state index is -0.742. The third-order valence-corrected chi connectivity index (χ3v) is 4.14. The second kappa shape index (κ2) is 6.65. The molecule has 0 aromatic carbocycles. The van der Waals surface area contributed by atoms with E-state index < -0.39 is 5.97 Å². The molecule has 1 aromatic heterocycles. The summed E-state index contributed by atoms with van der Waals surface area (Å²) in [5.41, 5.74) is 2.75. The highest BCUT2D eigenvalue weighted by molar-refractivity contribution is 7.07. The molecule has 0 radical (unpaired) electrons. The number of aromatic nitrogens is 1. The fourth-order valence-corrected chi connectivity index (χ4v) is 2.98. The first-order chi connectivity index (χ1) is 9.15. The van der Waals surface area contributed by atoms with Crippen LogP contribution >= 0.6 is 11.3 Å². The van der Waals surface area contributed by atoms with Gasteiger partial charge < -0.3 is 10.0 Å². The van der Waals surface area contributed by atoms with Gasteiger partial charge >= 0.3 is 5.97 Å². The van der Waals surface area contributed by atoms with E-state index in [0.717, 1.165) is 18.5 Å². The highest BCUT2D eigenvalue weighted by Crippen LogP contribution is 2.21. The second-order valence-corrected chi connectivity index (χ2v) is 5.62. The van der Waals surface area contributed by atoms with E-state index in [2.05, 4.69) is 4.98 Å². The highest BCUT2D eigenvalue weighted by atomic mass is 32.1. The van der Waals surface area contributed by atoms with Gasteiger partial charge in [-0.15, -0.1) is 11.3 Å². The van der Waals surface area contributed by atoms with Crippen molar-refractivity contribution in [3.8, 4) is 0 Å². The first-order valence-corrected chi connectivity index (χ1v) is 7.46. The summed E-state index contributed by atoms with van der Waals surface area (Å²) in [6.45, 7) is 1.38. The van der Waals surface area contributed by atoms with E-state index in [1.54, 1.807) is 16.8 Å². The fourth-order valence-electron chi connectivity index (χ4n) is 2.39. The van der Waals surface area contributed by atoms with Crippen LogP contribution in [0, 0.1) is 5.92 Å². The molecule has 1 aromatic rings. The Hall–Kier alpha value is -1.43. The third-order valence-electron chi connectivity index (χ3n) is 3.51. The van der Waals surface area contributed by atoms with E-state index in [9.17, 15) is 9.59 Å². The summed E-state index contributed by atoms with van der Waals surface area (Å²) in [5.74, 6) is -0.366. The topological polar surface area (TPSA) is 70.5 Å². The van der Waals surface area contributed by atoms with Crippen LogP contribution in [0.2, 0.25) is 0 Å². The van der Waals surface area contributed by atoms with Crippen LogP contribution < -0.4 is 0 Å². The number of thiazole rings is 1. The van der Waals surface area contributed by atoms with E-state index in [0.29, 0.717) is 25.9 Å². The van der Waals surface area contributed by atoms with Crippen molar-refractivity contribution in [1.29, 1.82) is 0 Å². The van der Waals surface area contributed by atoms with Gasteiger partial charge in [0.2, 0.25) is 5.91 Å². The number of rotatable bonds is 5. The van der Waals surface area contributed by atoms with E-state index in [1.165, 1.54) is 0 Å². The Labute approximate surface area is 116 Å². The lowest BCUT2D eigenvalue weighted by Crippen LogP contribution is -2.39. The van der Waals surface area contributed by atoms with E-state index >= 15 is 0 Å². The molecule has 0 atom stereocenters. The normalized spacial score (nSPS) is 16.5. The van der Waals surface area contributed by atoms with E-state index in [-0.39, 0.29) is 18.2 Å². The van der Waals surface area contributed by atoms with Crippen molar-refractivity contribution >= 4 is 23.2 Å². The van der Waals surface area contributed by atoms with Gasteiger partial charge in [0, 0.05) is 31.3 Å². The van der Waals surface area contributed by atoms with Crippen LogP contribution in [0.3, 0.4) is 0 Å². The zero-order valence-electron chi connectivity index (χ0n) is 10.7. The number of carboxylic acid groups (broad SMARTS) is 1. The fraction of sp³-hybridized carbons (Fsp3) is 0.615. The first kappa shape index (κ1) is 14.0. The number of piperidine rings is 1. The molecule has 2 heterocycles. The summed E-state index contributed by atoms with van der Waals surface area (Å²) in [7, 11) is 0.